The highest BCUT2D eigenvalue weighted by molar-refractivity contribution is 7.99. The smallest absolute Gasteiger partial charge is 0.251 e. The summed E-state index contributed by atoms with van der Waals surface area (Å²) in [5, 5.41) is 2.93. The normalized spacial score (nSPS) is 10.3. The van der Waals surface area contributed by atoms with Crippen molar-refractivity contribution in [2.24, 2.45) is 0 Å². The van der Waals surface area contributed by atoms with Gasteiger partial charge in [0, 0.05) is 28.8 Å². The molecule has 0 aliphatic rings. The molecule has 4 nitrogen and oxygen atoms in total. The minimum atomic E-state index is -0.132. The fourth-order valence-corrected chi connectivity index (χ4v) is 3.04. The third-order valence-corrected chi connectivity index (χ3v) is 4.74. The van der Waals surface area contributed by atoms with E-state index in [1.165, 1.54) is 16.0 Å². The molecule has 5 heteroatoms. The summed E-state index contributed by atoms with van der Waals surface area (Å²) in [5.41, 5.74) is 3.11. The van der Waals surface area contributed by atoms with Gasteiger partial charge in [0.15, 0.2) is 0 Å². The molecule has 0 bridgehead atoms. The van der Waals surface area contributed by atoms with E-state index in [1.807, 2.05) is 0 Å². The van der Waals surface area contributed by atoms with Crippen LogP contribution in [0.3, 0.4) is 0 Å². The Balaban J connectivity index is 1.88. The topological polar surface area (TPSA) is 47.6 Å². The van der Waals surface area contributed by atoms with Crippen molar-refractivity contribution >= 4 is 17.7 Å². The number of methoxy groups -OCH3 is 2. The van der Waals surface area contributed by atoms with E-state index in [1.54, 1.807) is 44.2 Å². The molecule has 0 spiro atoms. The van der Waals surface area contributed by atoms with Crippen molar-refractivity contribution in [2.45, 2.75) is 18.7 Å². The summed E-state index contributed by atoms with van der Waals surface area (Å²) in [4.78, 5) is 13.5. The van der Waals surface area contributed by atoms with Crippen LogP contribution in [0, 0.1) is 13.8 Å². The molecule has 2 rings (SSSR count). The standard InChI is InChI=1S/C19H23NO3S/c1-13-5-6-18(9-14(13)2)24-8-7-20-19(21)15-10-16(22-3)12-17(11-15)23-4/h5-6,9-12H,7-8H2,1-4H3,(H,20,21). The summed E-state index contributed by atoms with van der Waals surface area (Å²) in [6.45, 7) is 4.81. The van der Waals surface area contributed by atoms with E-state index in [9.17, 15) is 4.79 Å². The lowest BCUT2D eigenvalue weighted by Gasteiger charge is -2.09. The van der Waals surface area contributed by atoms with Crippen LogP contribution in [0.5, 0.6) is 11.5 Å². The fraction of sp³-hybridized carbons (Fsp3) is 0.316. The lowest BCUT2D eigenvalue weighted by molar-refractivity contribution is 0.0955. The van der Waals surface area contributed by atoms with Gasteiger partial charge in [-0.05, 0) is 49.2 Å². The summed E-state index contributed by atoms with van der Waals surface area (Å²) in [6, 6.07) is 11.6. The summed E-state index contributed by atoms with van der Waals surface area (Å²) in [6.07, 6.45) is 0. The maximum absolute atomic E-state index is 12.3. The molecular formula is C19H23NO3S. The van der Waals surface area contributed by atoms with Crippen molar-refractivity contribution in [1.29, 1.82) is 0 Å². The lowest BCUT2D eigenvalue weighted by Crippen LogP contribution is -2.25. The molecule has 0 saturated carbocycles. The first kappa shape index (κ1) is 18.2. The average molecular weight is 345 g/mol. The summed E-state index contributed by atoms with van der Waals surface area (Å²) >= 11 is 1.73. The van der Waals surface area contributed by atoms with Crippen molar-refractivity contribution in [3.05, 3.63) is 53.1 Å². The van der Waals surface area contributed by atoms with Gasteiger partial charge >= 0.3 is 0 Å². The van der Waals surface area contributed by atoms with E-state index >= 15 is 0 Å². The number of hydrogen-bond acceptors (Lipinski definition) is 4. The molecule has 128 valence electrons. The molecule has 0 radical (unpaired) electrons. The van der Waals surface area contributed by atoms with Crippen molar-refractivity contribution < 1.29 is 14.3 Å². The van der Waals surface area contributed by atoms with Crippen LogP contribution in [0.1, 0.15) is 21.5 Å². The predicted molar refractivity (Wildman–Crippen MR) is 98.5 cm³/mol. The number of ether oxygens (including phenoxy) is 2. The van der Waals surface area contributed by atoms with Crippen molar-refractivity contribution in [2.75, 3.05) is 26.5 Å². The largest absolute Gasteiger partial charge is 0.497 e. The second-order valence-electron chi connectivity index (χ2n) is 5.45. The number of nitrogens with one attached hydrogen (secondary N) is 1. The zero-order valence-electron chi connectivity index (χ0n) is 14.5. The monoisotopic (exact) mass is 345 g/mol. The molecule has 0 unspecified atom stereocenters. The summed E-state index contributed by atoms with van der Waals surface area (Å²) < 4.78 is 10.4. The average Bonchev–Trinajstić information content (AvgIpc) is 2.60. The Morgan fingerprint density at radius 3 is 2.25 bits per heavy atom. The number of benzene rings is 2. The molecular weight excluding hydrogens is 322 g/mol. The van der Waals surface area contributed by atoms with Gasteiger partial charge in [-0.15, -0.1) is 11.8 Å². The van der Waals surface area contributed by atoms with Crippen molar-refractivity contribution in [3.63, 3.8) is 0 Å². The molecule has 1 N–H and O–H groups in total. The number of carbonyl (C=O) groups excluding carboxylic acids is 1. The zero-order chi connectivity index (χ0) is 17.5. The van der Waals surface area contributed by atoms with Gasteiger partial charge in [-0.1, -0.05) is 6.07 Å². The second-order valence-corrected chi connectivity index (χ2v) is 6.62. The van der Waals surface area contributed by atoms with Gasteiger partial charge in [-0.3, -0.25) is 4.79 Å². The molecule has 0 aromatic heterocycles. The quantitative estimate of drug-likeness (QED) is 0.612. The Morgan fingerprint density at radius 2 is 1.67 bits per heavy atom. The molecule has 0 fully saturated rings. The maximum atomic E-state index is 12.3. The van der Waals surface area contributed by atoms with Gasteiger partial charge in [-0.2, -0.15) is 0 Å². The highest BCUT2D eigenvalue weighted by Gasteiger charge is 2.09. The third-order valence-electron chi connectivity index (χ3n) is 3.75. The molecule has 0 atom stereocenters. The van der Waals surface area contributed by atoms with E-state index in [2.05, 4.69) is 37.4 Å². The first-order chi connectivity index (χ1) is 11.5. The molecule has 0 aliphatic carbocycles. The van der Waals surface area contributed by atoms with Crippen molar-refractivity contribution in [1.82, 2.24) is 5.32 Å². The first-order valence-electron chi connectivity index (χ1n) is 7.75. The third kappa shape index (κ3) is 4.93. The molecule has 0 heterocycles. The zero-order valence-corrected chi connectivity index (χ0v) is 15.3. The minimum absolute atomic E-state index is 0.132. The lowest BCUT2D eigenvalue weighted by atomic mass is 10.1. The van der Waals surface area contributed by atoms with Gasteiger partial charge in [-0.25, -0.2) is 0 Å². The number of carbonyl (C=O) groups is 1. The van der Waals surface area contributed by atoms with E-state index in [4.69, 9.17) is 9.47 Å². The predicted octanol–water partition coefficient (Wildman–Crippen LogP) is 3.84. The van der Waals surface area contributed by atoms with Gasteiger partial charge in [0.1, 0.15) is 11.5 Å². The Bertz CT molecular complexity index is 694. The number of aryl methyl sites for hydroxylation is 2. The first-order valence-corrected chi connectivity index (χ1v) is 8.73. The molecule has 0 aliphatic heterocycles. The Morgan fingerprint density at radius 1 is 1.00 bits per heavy atom. The van der Waals surface area contributed by atoms with Crippen LogP contribution in [-0.4, -0.2) is 32.4 Å². The molecule has 0 saturated heterocycles. The maximum Gasteiger partial charge on any atom is 0.251 e. The van der Waals surface area contributed by atoms with E-state index < -0.39 is 0 Å². The second kappa shape index (κ2) is 8.64. The number of rotatable bonds is 7. The van der Waals surface area contributed by atoms with Crippen LogP contribution in [0.2, 0.25) is 0 Å². The summed E-state index contributed by atoms with van der Waals surface area (Å²) in [5.74, 6) is 1.89. The molecule has 2 aromatic carbocycles. The Kier molecular flexibility index (Phi) is 6.55. The molecule has 2 aromatic rings. The van der Waals surface area contributed by atoms with Crippen LogP contribution < -0.4 is 14.8 Å². The number of amides is 1. The van der Waals surface area contributed by atoms with Crippen LogP contribution in [0.25, 0.3) is 0 Å². The Labute approximate surface area is 147 Å². The fourth-order valence-electron chi connectivity index (χ4n) is 2.18. The van der Waals surface area contributed by atoms with Crippen LogP contribution in [0.4, 0.5) is 0 Å². The van der Waals surface area contributed by atoms with Crippen LogP contribution >= 0.6 is 11.8 Å². The number of thioether (sulfide) groups is 1. The van der Waals surface area contributed by atoms with Gasteiger partial charge in [0.2, 0.25) is 0 Å². The SMILES string of the molecule is COc1cc(OC)cc(C(=O)NCCSc2ccc(C)c(C)c2)c1. The highest BCUT2D eigenvalue weighted by atomic mass is 32.2. The molecule has 1 amide bonds. The van der Waals surface area contributed by atoms with Gasteiger partial charge in [0.25, 0.3) is 5.91 Å². The van der Waals surface area contributed by atoms with Gasteiger partial charge in [0.05, 0.1) is 14.2 Å². The minimum Gasteiger partial charge on any atom is -0.497 e. The van der Waals surface area contributed by atoms with E-state index in [-0.39, 0.29) is 5.91 Å². The van der Waals surface area contributed by atoms with Crippen LogP contribution in [-0.2, 0) is 0 Å². The van der Waals surface area contributed by atoms with Gasteiger partial charge < -0.3 is 14.8 Å². The van der Waals surface area contributed by atoms with E-state index in [0.29, 0.717) is 23.6 Å². The number of hydrogen-bond donors (Lipinski definition) is 1. The Hall–Kier alpha value is -2.14. The van der Waals surface area contributed by atoms with Crippen LogP contribution in [0.15, 0.2) is 41.3 Å². The summed E-state index contributed by atoms with van der Waals surface area (Å²) in [7, 11) is 3.13. The molecule has 24 heavy (non-hydrogen) atoms. The van der Waals surface area contributed by atoms with E-state index in [0.717, 1.165) is 5.75 Å². The van der Waals surface area contributed by atoms with Crippen molar-refractivity contribution in [3.8, 4) is 11.5 Å². The highest BCUT2D eigenvalue weighted by Crippen LogP contribution is 2.23.